The third kappa shape index (κ3) is 6.16. The largest absolute Gasteiger partial charge is 0.272 e. The molecule has 1 heterocycles. The molecule has 170 valence electrons. The minimum atomic E-state index is -3.75. The van der Waals surface area contributed by atoms with Crippen molar-refractivity contribution in [1.29, 1.82) is 0 Å². The number of aryl methyl sites for hydroxylation is 2. The molecule has 0 saturated carbocycles. The van der Waals surface area contributed by atoms with Gasteiger partial charge in [0.2, 0.25) is 0 Å². The minimum Gasteiger partial charge on any atom is -0.267 e. The second-order valence-electron chi connectivity index (χ2n) is 7.32. The molecule has 6 nitrogen and oxygen atoms in total. The highest BCUT2D eigenvalue weighted by Crippen LogP contribution is 2.26. The fourth-order valence-corrected chi connectivity index (χ4v) is 4.07. The fourth-order valence-electron chi connectivity index (χ4n) is 3.14. The second kappa shape index (κ2) is 10.1. The molecule has 0 N–H and O–H groups in total. The summed E-state index contributed by atoms with van der Waals surface area (Å²) in [5, 5.41) is 5.48. The number of hydrogen-bond donors (Lipinski definition) is 0. The van der Waals surface area contributed by atoms with Gasteiger partial charge < -0.3 is 0 Å². The maximum absolute atomic E-state index is 13.7. The first kappa shape index (κ1) is 24.4. The molecule has 3 aromatic rings. The molecule has 0 bridgehead atoms. The van der Waals surface area contributed by atoms with E-state index in [0.29, 0.717) is 39.7 Å². The molecule has 10 heteroatoms. The van der Waals surface area contributed by atoms with Gasteiger partial charge in [0.25, 0.3) is 15.7 Å². The molecule has 0 unspecified atom stereocenters. The zero-order valence-corrected chi connectivity index (χ0v) is 19.8. The number of aromatic nitrogens is 2. The Hall–Kier alpha value is -2.26. The molecule has 3 rings (SSSR count). The summed E-state index contributed by atoms with van der Waals surface area (Å²) in [4.78, 5) is 12.9. The predicted octanol–water partition coefficient (Wildman–Crippen LogP) is 4.77. The standard InChI is InChI=1S/C22H21Cl2FN2O4S/c1-14-11-15(8-9-20(14)25)21-12-16(13-31-32(2,29)30)22(28)27(26-21)10-4-5-17-18(23)6-3-7-19(17)24/h3,6-9,11-12H,4-5,10,13H2,1-2H3. The Morgan fingerprint density at radius 1 is 1.12 bits per heavy atom. The summed E-state index contributed by atoms with van der Waals surface area (Å²) in [6, 6.07) is 11.2. The van der Waals surface area contributed by atoms with Crippen LogP contribution in [-0.2, 0) is 33.9 Å². The van der Waals surface area contributed by atoms with Gasteiger partial charge in [0.1, 0.15) is 5.82 Å². The van der Waals surface area contributed by atoms with E-state index in [1.54, 1.807) is 37.3 Å². The summed E-state index contributed by atoms with van der Waals surface area (Å²) < 4.78 is 42.6. The molecule has 0 radical (unpaired) electrons. The van der Waals surface area contributed by atoms with Crippen LogP contribution in [0.3, 0.4) is 0 Å². The summed E-state index contributed by atoms with van der Waals surface area (Å²) in [6.07, 6.45) is 1.93. The van der Waals surface area contributed by atoms with E-state index in [-0.39, 0.29) is 17.9 Å². The summed E-state index contributed by atoms with van der Waals surface area (Å²) in [7, 11) is -3.75. The van der Waals surface area contributed by atoms with Crippen LogP contribution in [0.4, 0.5) is 4.39 Å². The molecule has 0 spiro atoms. The van der Waals surface area contributed by atoms with Gasteiger partial charge in [-0.25, -0.2) is 9.07 Å². The number of rotatable bonds is 8. The Morgan fingerprint density at radius 3 is 2.44 bits per heavy atom. The lowest BCUT2D eigenvalue weighted by molar-refractivity contribution is 0.308. The SMILES string of the molecule is Cc1cc(-c2cc(COS(C)(=O)=O)c(=O)n(CCCc3c(Cl)cccc3Cl)n2)ccc1F. The van der Waals surface area contributed by atoms with Crippen molar-refractivity contribution in [3.05, 3.63) is 85.4 Å². The van der Waals surface area contributed by atoms with E-state index in [9.17, 15) is 17.6 Å². The molecular formula is C22H21Cl2FN2O4S. The second-order valence-corrected chi connectivity index (χ2v) is 9.78. The summed E-state index contributed by atoms with van der Waals surface area (Å²) in [5.41, 5.74) is 1.84. The summed E-state index contributed by atoms with van der Waals surface area (Å²) in [5.74, 6) is -0.362. The van der Waals surface area contributed by atoms with Gasteiger partial charge in [0, 0.05) is 27.7 Å². The lowest BCUT2D eigenvalue weighted by Gasteiger charge is -2.12. The smallest absolute Gasteiger partial charge is 0.267 e. The Morgan fingerprint density at radius 2 is 1.81 bits per heavy atom. The van der Waals surface area contributed by atoms with Crippen molar-refractivity contribution in [3.8, 4) is 11.3 Å². The lowest BCUT2D eigenvalue weighted by Crippen LogP contribution is -2.28. The van der Waals surface area contributed by atoms with Gasteiger partial charge in [-0.15, -0.1) is 0 Å². The van der Waals surface area contributed by atoms with Crippen molar-refractivity contribution in [2.45, 2.75) is 32.9 Å². The monoisotopic (exact) mass is 498 g/mol. The number of nitrogens with zero attached hydrogens (tertiary/aromatic N) is 2. The van der Waals surface area contributed by atoms with Crippen LogP contribution in [0.2, 0.25) is 10.0 Å². The summed E-state index contributed by atoms with van der Waals surface area (Å²) >= 11 is 12.4. The average Bonchev–Trinajstić information content (AvgIpc) is 2.71. The highest BCUT2D eigenvalue weighted by atomic mass is 35.5. The first-order chi connectivity index (χ1) is 15.0. The Bertz CT molecular complexity index is 1290. The van der Waals surface area contributed by atoms with Crippen LogP contribution in [0, 0.1) is 12.7 Å². The molecule has 0 aliphatic carbocycles. The quantitative estimate of drug-likeness (QED) is 0.417. The molecule has 2 aromatic carbocycles. The van der Waals surface area contributed by atoms with Crippen LogP contribution < -0.4 is 5.56 Å². The van der Waals surface area contributed by atoms with Crippen molar-refractivity contribution in [2.24, 2.45) is 0 Å². The Balaban J connectivity index is 1.94. The molecule has 0 amide bonds. The van der Waals surface area contributed by atoms with E-state index in [1.807, 2.05) is 0 Å². The molecule has 0 atom stereocenters. The predicted molar refractivity (Wildman–Crippen MR) is 123 cm³/mol. The topological polar surface area (TPSA) is 78.3 Å². The lowest BCUT2D eigenvalue weighted by atomic mass is 10.1. The maximum atomic E-state index is 13.7. The van der Waals surface area contributed by atoms with Gasteiger partial charge in [-0.05, 0) is 67.3 Å². The number of benzene rings is 2. The van der Waals surface area contributed by atoms with Crippen LogP contribution in [0.5, 0.6) is 0 Å². The third-order valence-corrected chi connectivity index (χ3v) is 6.04. The zero-order valence-electron chi connectivity index (χ0n) is 17.4. The van der Waals surface area contributed by atoms with E-state index in [1.165, 1.54) is 16.8 Å². The van der Waals surface area contributed by atoms with Gasteiger partial charge in [-0.2, -0.15) is 13.5 Å². The van der Waals surface area contributed by atoms with Gasteiger partial charge in [0.15, 0.2) is 0 Å². The van der Waals surface area contributed by atoms with Crippen molar-refractivity contribution in [1.82, 2.24) is 9.78 Å². The van der Waals surface area contributed by atoms with Crippen LogP contribution in [0.25, 0.3) is 11.3 Å². The highest BCUT2D eigenvalue weighted by Gasteiger charge is 2.14. The normalized spacial score (nSPS) is 11.7. The number of halogens is 3. The van der Waals surface area contributed by atoms with Crippen LogP contribution >= 0.6 is 23.2 Å². The van der Waals surface area contributed by atoms with Crippen LogP contribution in [-0.4, -0.2) is 24.5 Å². The maximum Gasteiger partial charge on any atom is 0.272 e. The van der Waals surface area contributed by atoms with Gasteiger partial charge in [0.05, 0.1) is 18.6 Å². The first-order valence-corrected chi connectivity index (χ1v) is 12.3. The molecule has 1 aromatic heterocycles. The van der Waals surface area contributed by atoms with E-state index in [0.717, 1.165) is 11.8 Å². The summed E-state index contributed by atoms with van der Waals surface area (Å²) in [6.45, 7) is 1.43. The number of hydrogen-bond acceptors (Lipinski definition) is 5. The first-order valence-electron chi connectivity index (χ1n) is 9.70. The van der Waals surface area contributed by atoms with E-state index in [2.05, 4.69) is 5.10 Å². The average molecular weight is 499 g/mol. The van der Waals surface area contributed by atoms with E-state index < -0.39 is 22.3 Å². The van der Waals surface area contributed by atoms with Crippen LogP contribution in [0.1, 0.15) is 23.1 Å². The molecule has 32 heavy (non-hydrogen) atoms. The van der Waals surface area contributed by atoms with E-state index in [4.69, 9.17) is 27.4 Å². The van der Waals surface area contributed by atoms with Crippen molar-refractivity contribution in [2.75, 3.05) is 6.26 Å². The third-order valence-electron chi connectivity index (χ3n) is 4.79. The molecule has 0 saturated heterocycles. The minimum absolute atomic E-state index is 0.123. The highest BCUT2D eigenvalue weighted by molar-refractivity contribution is 7.85. The van der Waals surface area contributed by atoms with Crippen molar-refractivity contribution < 1.29 is 17.0 Å². The van der Waals surface area contributed by atoms with Crippen molar-refractivity contribution >= 4 is 33.3 Å². The van der Waals surface area contributed by atoms with Crippen LogP contribution in [0.15, 0.2) is 47.3 Å². The zero-order chi connectivity index (χ0) is 23.5. The molecule has 0 aliphatic heterocycles. The van der Waals surface area contributed by atoms with E-state index >= 15 is 0 Å². The molecule has 0 aliphatic rings. The Labute approximate surface area is 195 Å². The van der Waals surface area contributed by atoms with Gasteiger partial charge in [-0.3, -0.25) is 8.98 Å². The molecule has 0 fully saturated rings. The Kier molecular flexibility index (Phi) is 7.71. The fraction of sp³-hybridized carbons (Fsp3) is 0.273. The van der Waals surface area contributed by atoms with Gasteiger partial charge >= 0.3 is 0 Å². The molecular weight excluding hydrogens is 478 g/mol. The van der Waals surface area contributed by atoms with Gasteiger partial charge in [-0.1, -0.05) is 29.3 Å². The van der Waals surface area contributed by atoms with Crippen molar-refractivity contribution in [3.63, 3.8) is 0 Å².